The summed E-state index contributed by atoms with van der Waals surface area (Å²) < 4.78 is 0. The Bertz CT molecular complexity index is 348. The predicted octanol–water partition coefficient (Wildman–Crippen LogP) is 3.17. The molecule has 0 aromatic heterocycles. The Morgan fingerprint density at radius 1 is 1.46 bits per heavy atom. The average molecular weight is 173 g/mol. The fraction of sp³-hybridized carbons (Fsp3) is 0.167. The number of benzene rings is 1. The van der Waals surface area contributed by atoms with Gasteiger partial charge in [0.25, 0.3) is 0 Å². The highest BCUT2D eigenvalue weighted by molar-refractivity contribution is 5.68. The van der Waals surface area contributed by atoms with E-state index >= 15 is 0 Å². The summed E-state index contributed by atoms with van der Waals surface area (Å²) in [6.45, 7) is 7.71. The Morgan fingerprint density at radius 2 is 2.15 bits per heavy atom. The van der Waals surface area contributed by atoms with Gasteiger partial charge in [-0.1, -0.05) is 30.9 Å². The second kappa shape index (κ2) is 3.94. The van der Waals surface area contributed by atoms with Gasteiger partial charge in [-0.3, -0.25) is 0 Å². The van der Waals surface area contributed by atoms with Crippen molar-refractivity contribution in [1.29, 1.82) is 0 Å². The first-order chi connectivity index (χ1) is 6.15. The van der Waals surface area contributed by atoms with Crippen LogP contribution in [0.3, 0.4) is 0 Å². The van der Waals surface area contributed by atoms with Gasteiger partial charge >= 0.3 is 0 Å². The molecule has 1 nitrogen and oxygen atoms in total. The predicted molar refractivity (Wildman–Crippen MR) is 59.4 cm³/mol. The van der Waals surface area contributed by atoms with Gasteiger partial charge in [0.2, 0.25) is 0 Å². The molecule has 0 unspecified atom stereocenters. The van der Waals surface area contributed by atoms with Crippen molar-refractivity contribution < 1.29 is 0 Å². The molecule has 0 atom stereocenters. The molecular weight excluding hydrogens is 158 g/mol. The molecule has 1 aromatic carbocycles. The highest BCUT2D eigenvalue weighted by atomic mass is 14.5. The SMILES string of the molecule is C=C/C=C(\C)c1ccc(C)c(N)c1. The summed E-state index contributed by atoms with van der Waals surface area (Å²) in [4.78, 5) is 0. The molecular formula is C12H15N. The molecule has 0 aliphatic rings. The zero-order chi connectivity index (χ0) is 9.84. The Balaban J connectivity index is 3.10. The fourth-order valence-electron chi connectivity index (χ4n) is 1.16. The molecule has 0 spiro atoms. The van der Waals surface area contributed by atoms with Crippen LogP contribution < -0.4 is 5.73 Å². The van der Waals surface area contributed by atoms with Gasteiger partial charge in [-0.05, 0) is 36.6 Å². The summed E-state index contributed by atoms with van der Waals surface area (Å²) in [5.41, 5.74) is 10.1. The molecule has 0 radical (unpaired) electrons. The molecule has 0 bridgehead atoms. The minimum absolute atomic E-state index is 0.842. The molecule has 1 aromatic rings. The van der Waals surface area contributed by atoms with E-state index in [1.807, 2.05) is 32.1 Å². The van der Waals surface area contributed by atoms with E-state index < -0.39 is 0 Å². The van der Waals surface area contributed by atoms with E-state index in [0.717, 1.165) is 16.8 Å². The van der Waals surface area contributed by atoms with E-state index in [1.165, 1.54) is 5.57 Å². The molecule has 2 N–H and O–H groups in total. The van der Waals surface area contributed by atoms with Gasteiger partial charge in [0.15, 0.2) is 0 Å². The summed E-state index contributed by atoms with van der Waals surface area (Å²) in [5, 5.41) is 0. The molecule has 1 rings (SSSR count). The van der Waals surface area contributed by atoms with Crippen molar-refractivity contribution >= 4 is 11.3 Å². The standard InChI is InChI=1S/C12H15N/c1-4-5-9(2)11-7-6-10(3)12(13)8-11/h4-8H,1,13H2,2-3H3/b9-5+. The molecule has 0 heterocycles. The minimum Gasteiger partial charge on any atom is -0.398 e. The monoisotopic (exact) mass is 173 g/mol. The van der Waals surface area contributed by atoms with Gasteiger partial charge in [0.05, 0.1) is 0 Å². The average Bonchev–Trinajstić information content (AvgIpc) is 2.10. The van der Waals surface area contributed by atoms with Gasteiger partial charge in [0.1, 0.15) is 0 Å². The summed E-state index contributed by atoms with van der Waals surface area (Å²) in [6.07, 6.45) is 3.76. The Kier molecular flexibility index (Phi) is 2.91. The highest BCUT2D eigenvalue weighted by Crippen LogP contribution is 2.19. The minimum atomic E-state index is 0.842. The zero-order valence-corrected chi connectivity index (χ0v) is 8.17. The first kappa shape index (κ1) is 9.59. The fourth-order valence-corrected chi connectivity index (χ4v) is 1.16. The van der Waals surface area contributed by atoms with E-state index in [2.05, 4.69) is 12.6 Å². The van der Waals surface area contributed by atoms with Crippen molar-refractivity contribution in [3.63, 3.8) is 0 Å². The van der Waals surface area contributed by atoms with Crippen molar-refractivity contribution in [1.82, 2.24) is 0 Å². The third-order valence-corrected chi connectivity index (χ3v) is 2.10. The molecule has 0 saturated heterocycles. The number of hydrogen-bond donors (Lipinski definition) is 1. The molecule has 0 amide bonds. The van der Waals surface area contributed by atoms with Crippen LogP contribution in [0.25, 0.3) is 5.57 Å². The maximum absolute atomic E-state index is 5.80. The van der Waals surface area contributed by atoms with Crippen LogP contribution in [0.15, 0.2) is 36.9 Å². The first-order valence-electron chi connectivity index (χ1n) is 4.31. The van der Waals surface area contributed by atoms with Crippen LogP contribution in [0.1, 0.15) is 18.1 Å². The summed E-state index contributed by atoms with van der Waals surface area (Å²) >= 11 is 0. The van der Waals surface area contributed by atoms with E-state index in [1.54, 1.807) is 6.08 Å². The van der Waals surface area contributed by atoms with Crippen molar-refractivity contribution in [2.24, 2.45) is 0 Å². The van der Waals surface area contributed by atoms with Crippen molar-refractivity contribution in [2.45, 2.75) is 13.8 Å². The molecule has 68 valence electrons. The molecule has 1 heteroatoms. The Hall–Kier alpha value is -1.50. The lowest BCUT2D eigenvalue weighted by molar-refractivity contribution is 1.44. The van der Waals surface area contributed by atoms with E-state index in [0.29, 0.717) is 0 Å². The summed E-state index contributed by atoms with van der Waals surface area (Å²) in [7, 11) is 0. The number of anilines is 1. The van der Waals surface area contributed by atoms with Crippen molar-refractivity contribution in [3.8, 4) is 0 Å². The van der Waals surface area contributed by atoms with Gasteiger partial charge in [0, 0.05) is 5.69 Å². The van der Waals surface area contributed by atoms with Crippen LogP contribution in [-0.2, 0) is 0 Å². The van der Waals surface area contributed by atoms with Crippen LogP contribution in [0.2, 0.25) is 0 Å². The summed E-state index contributed by atoms with van der Waals surface area (Å²) in [5.74, 6) is 0. The molecule has 0 saturated carbocycles. The molecule has 0 aliphatic heterocycles. The van der Waals surface area contributed by atoms with Crippen LogP contribution in [-0.4, -0.2) is 0 Å². The Labute approximate surface area is 79.6 Å². The third-order valence-electron chi connectivity index (χ3n) is 2.10. The second-order valence-electron chi connectivity index (χ2n) is 3.16. The summed E-state index contributed by atoms with van der Waals surface area (Å²) in [6, 6.07) is 6.09. The van der Waals surface area contributed by atoms with E-state index in [9.17, 15) is 0 Å². The number of hydrogen-bond acceptors (Lipinski definition) is 1. The van der Waals surface area contributed by atoms with Crippen LogP contribution in [0, 0.1) is 6.92 Å². The number of rotatable bonds is 2. The van der Waals surface area contributed by atoms with Crippen molar-refractivity contribution in [3.05, 3.63) is 48.1 Å². The molecule has 0 aliphatic carbocycles. The Morgan fingerprint density at radius 3 is 2.69 bits per heavy atom. The maximum atomic E-state index is 5.80. The van der Waals surface area contributed by atoms with Crippen molar-refractivity contribution in [2.75, 3.05) is 5.73 Å². The van der Waals surface area contributed by atoms with Crippen LogP contribution in [0.4, 0.5) is 5.69 Å². The van der Waals surface area contributed by atoms with E-state index in [4.69, 9.17) is 5.73 Å². The third kappa shape index (κ3) is 2.22. The van der Waals surface area contributed by atoms with Crippen LogP contribution in [0.5, 0.6) is 0 Å². The van der Waals surface area contributed by atoms with Gasteiger partial charge < -0.3 is 5.73 Å². The van der Waals surface area contributed by atoms with Gasteiger partial charge in [-0.2, -0.15) is 0 Å². The van der Waals surface area contributed by atoms with Gasteiger partial charge in [-0.15, -0.1) is 0 Å². The quantitative estimate of drug-likeness (QED) is 0.539. The number of allylic oxidation sites excluding steroid dienone is 3. The lowest BCUT2D eigenvalue weighted by Gasteiger charge is -2.04. The molecule has 0 fully saturated rings. The van der Waals surface area contributed by atoms with E-state index in [-0.39, 0.29) is 0 Å². The smallest absolute Gasteiger partial charge is 0.0349 e. The topological polar surface area (TPSA) is 26.0 Å². The highest BCUT2D eigenvalue weighted by Gasteiger charge is 1.97. The zero-order valence-electron chi connectivity index (χ0n) is 8.17. The number of nitrogens with two attached hydrogens (primary N) is 1. The lowest BCUT2D eigenvalue weighted by Crippen LogP contribution is -1.90. The molecule has 13 heavy (non-hydrogen) atoms. The lowest BCUT2D eigenvalue weighted by atomic mass is 10.0. The number of nitrogen functional groups attached to an aromatic ring is 1. The maximum Gasteiger partial charge on any atom is 0.0349 e. The number of aryl methyl sites for hydroxylation is 1. The largest absolute Gasteiger partial charge is 0.398 e. The van der Waals surface area contributed by atoms with Gasteiger partial charge in [-0.25, -0.2) is 0 Å². The first-order valence-corrected chi connectivity index (χ1v) is 4.31. The normalized spacial score (nSPS) is 11.4. The van der Waals surface area contributed by atoms with Crippen LogP contribution >= 0.6 is 0 Å². The second-order valence-corrected chi connectivity index (χ2v) is 3.16.